The normalized spacial score (nSPS) is 32.5. The van der Waals surface area contributed by atoms with Gasteiger partial charge in [0.25, 0.3) is 0 Å². The first kappa shape index (κ1) is 18.9. The summed E-state index contributed by atoms with van der Waals surface area (Å²) in [7, 11) is 1.88. The highest BCUT2D eigenvalue weighted by Crippen LogP contribution is 2.55. The summed E-state index contributed by atoms with van der Waals surface area (Å²) < 4.78 is 0. The molecule has 0 aliphatic heterocycles. The zero-order valence-electron chi connectivity index (χ0n) is 16.5. The minimum Gasteiger partial charge on any atom is -0.332 e. The molecule has 1 heterocycles. The van der Waals surface area contributed by atoms with Gasteiger partial charge in [-0.2, -0.15) is 0 Å². The zero-order chi connectivity index (χ0) is 19.2. The van der Waals surface area contributed by atoms with E-state index in [-0.39, 0.29) is 17.5 Å². The first-order valence-corrected chi connectivity index (χ1v) is 10.9. The number of thiazole rings is 1. The standard InChI is InChI=1S/C20H30N4O2S/c1-12(24(3)10-17-11-27-13(2)21-17)18(25)22-19(26)23-20-7-14-4-15(8-20)6-16(5-14)9-20/h11-12,14-16H,4-10H2,1-3H3,(H2,22,23,25,26). The first-order valence-electron chi connectivity index (χ1n) is 10.1. The van der Waals surface area contributed by atoms with Gasteiger partial charge in [0, 0.05) is 17.5 Å². The molecule has 27 heavy (non-hydrogen) atoms. The molecule has 4 saturated carbocycles. The van der Waals surface area contributed by atoms with Crippen LogP contribution >= 0.6 is 11.3 Å². The van der Waals surface area contributed by atoms with E-state index in [1.54, 1.807) is 11.3 Å². The zero-order valence-corrected chi connectivity index (χ0v) is 17.3. The fourth-order valence-electron chi connectivity index (χ4n) is 5.83. The van der Waals surface area contributed by atoms with Gasteiger partial charge in [0.15, 0.2) is 0 Å². The van der Waals surface area contributed by atoms with Gasteiger partial charge in [0.2, 0.25) is 5.91 Å². The summed E-state index contributed by atoms with van der Waals surface area (Å²) in [4.78, 5) is 31.5. The van der Waals surface area contributed by atoms with Crippen LogP contribution in [0.1, 0.15) is 56.2 Å². The Bertz CT molecular complexity index is 696. The number of urea groups is 1. The van der Waals surface area contributed by atoms with Crippen molar-refractivity contribution in [1.29, 1.82) is 0 Å². The average Bonchev–Trinajstić information content (AvgIpc) is 2.96. The number of rotatable bonds is 5. The Morgan fingerprint density at radius 3 is 2.37 bits per heavy atom. The van der Waals surface area contributed by atoms with Gasteiger partial charge in [-0.25, -0.2) is 9.78 Å². The predicted octanol–water partition coefficient (Wildman–Crippen LogP) is 3.07. The Labute approximate surface area is 165 Å². The predicted molar refractivity (Wildman–Crippen MR) is 105 cm³/mol. The number of likely N-dealkylation sites (N-methyl/N-ethyl adjacent to an activating group) is 1. The molecule has 0 spiro atoms. The highest BCUT2D eigenvalue weighted by molar-refractivity contribution is 7.09. The van der Waals surface area contributed by atoms with E-state index in [9.17, 15) is 9.59 Å². The molecule has 0 radical (unpaired) electrons. The monoisotopic (exact) mass is 390 g/mol. The average molecular weight is 391 g/mol. The summed E-state index contributed by atoms with van der Waals surface area (Å²) in [6, 6.07) is -0.721. The summed E-state index contributed by atoms with van der Waals surface area (Å²) in [6.45, 7) is 4.39. The molecule has 2 N–H and O–H groups in total. The van der Waals surface area contributed by atoms with Crippen molar-refractivity contribution in [3.8, 4) is 0 Å². The summed E-state index contributed by atoms with van der Waals surface area (Å²) in [5.74, 6) is 2.03. The van der Waals surface area contributed by atoms with E-state index in [1.807, 2.05) is 31.2 Å². The number of carbonyl (C=O) groups is 2. The van der Waals surface area contributed by atoms with Crippen LogP contribution in [0.15, 0.2) is 5.38 Å². The second kappa shape index (κ2) is 7.17. The summed E-state index contributed by atoms with van der Waals surface area (Å²) in [5.41, 5.74) is 0.879. The molecule has 5 rings (SSSR count). The molecule has 1 unspecified atom stereocenters. The number of hydrogen-bond acceptors (Lipinski definition) is 5. The first-order chi connectivity index (χ1) is 12.8. The molecule has 1 aromatic heterocycles. The van der Waals surface area contributed by atoms with Crippen LogP contribution in [0.2, 0.25) is 0 Å². The fraction of sp³-hybridized carbons (Fsp3) is 0.750. The van der Waals surface area contributed by atoms with E-state index in [0.717, 1.165) is 47.7 Å². The molecule has 4 aliphatic rings. The molecule has 0 saturated heterocycles. The van der Waals surface area contributed by atoms with Gasteiger partial charge in [-0.05, 0) is 77.2 Å². The van der Waals surface area contributed by atoms with Crippen molar-refractivity contribution in [2.75, 3.05) is 7.05 Å². The van der Waals surface area contributed by atoms with Gasteiger partial charge >= 0.3 is 6.03 Å². The van der Waals surface area contributed by atoms with Crippen LogP contribution in [-0.2, 0) is 11.3 Å². The van der Waals surface area contributed by atoms with Gasteiger partial charge in [-0.15, -0.1) is 11.3 Å². The fourth-order valence-corrected chi connectivity index (χ4v) is 6.43. The molecule has 3 amide bonds. The molecule has 4 aliphatic carbocycles. The maximum Gasteiger partial charge on any atom is 0.321 e. The number of imide groups is 1. The number of nitrogens with one attached hydrogen (secondary N) is 2. The van der Waals surface area contributed by atoms with E-state index < -0.39 is 6.04 Å². The lowest BCUT2D eigenvalue weighted by molar-refractivity contribution is -0.124. The maximum atomic E-state index is 12.6. The highest BCUT2D eigenvalue weighted by Gasteiger charge is 2.51. The quantitative estimate of drug-likeness (QED) is 0.810. The van der Waals surface area contributed by atoms with E-state index in [1.165, 1.54) is 19.3 Å². The third-order valence-corrected chi connectivity index (χ3v) is 7.59. The number of amides is 3. The summed E-state index contributed by atoms with van der Waals surface area (Å²) >= 11 is 1.61. The largest absolute Gasteiger partial charge is 0.332 e. The number of carbonyl (C=O) groups excluding carboxylic acids is 2. The highest BCUT2D eigenvalue weighted by atomic mass is 32.1. The molecule has 1 atom stereocenters. The number of hydrogen-bond donors (Lipinski definition) is 2. The number of aryl methyl sites for hydroxylation is 1. The van der Waals surface area contributed by atoms with Crippen molar-refractivity contribution in [2.45, 2.75) is 70.5 Å². The Morgan fingerprint density at radius 2 is 1.85 bits per heavy atom. The van der Waals surface area contributed by atoms with Crippen molar-refractivity contribution in [3.63, 3.8) is 0 Å². The molecule has 6 nitrogen and oxygen atoms in total. The summed E-state index contributed by atoms with van der Waals surface area (Å²) in [5, 5.41) is 8.81. The van der Waals surface area contributed by atoms with Crippen LogP contribution in [0.25, 0.3) is 0 Å². The Kier molecular flexibility index (Phi) is 5.01. The van der Waals surface area contributed by atoms with Crippen molar-refractivity contribution >= 4 is 23.3 Å². The Hall–Kier alpha value is -1.47. The van der Waals surface area contributed by atoms with Gasteiger partial charge in [0.05, 0.1) is 16.7 Å². The van der Waals surface area contributed by atoms with Crippen molar-refractivity contribution in [1.82, 2.24) is 20.5 Å². The number of aromatic nitrogens is 1. The SMILES string of the molecule is Cc1nc(CN(C)C(C)C(=O)NC(=O)NC23CC4CC(CC(C4)C2)C3)cs1. The van der Waals surface area contributed by atoms with Crippen LogP contribution in [0, 0.1) is 24.7 Å². The molecule has 0 aromatic carbocycles. The molecular formula is C20H30N4O2S. The summed E-state index contributed by atoms with van der Waals surface area (Å²) in [6.07, 6.45) is 7.25. The third kappa shape index (κ3) is 4.04. The molecule has 7 heteroatoms. The van der Waals surface area contributed by atoms with Gasteiger partial charge < -0.3 is 5.32 Å². The molecule has 148 valence electrons. The topological polar surface area (TPSA) is 74.3 Å². The van der Waals surface area contributed by atoms with E-state index >= 15 is 0 Å². The third-order valence-electron chi connectivity index (χ3n) is 6.77. The number of nitrogens with zero attached hydrogens (tertiary/aromatic N) is 2. The second-order valence-corrected chi connectivity index (χ2v) is 10.2. The Morgan fingerprint density at radius 1 is 1.26 bits per heavy atom. The molecule has 1 aromatic rings. The Balaban J connectivity index is 1.30. The smallest absolute Gasteiger partial charge is 0.321 e. The minimum absolute atomic E-state index is 0.0770. The molecule has 4 fully saturated rings. The van der Waals surface area contributed by atoms with Crippen molar-refractivity contribution in [3.05, 3.63) is 16.1 Å². The lowest BCUT2D eigenvalue weighted by Crippen LogP contribution is -2.62. The molecule has 4 bridgehead atoms. The minimum atomic E-state index is -0.394. The van der Waals surface area contributed by atoms with E-state index in [0.29, 0.717) is 6.54 Å². The van der Waals surface area contributed by atoms with Crippen LogP contribution in [0.3, 0.4) is 0 Å². The van der Waals surface area contributed by atoms with Crippen LogP contribution in [0.5, 0.6) is 0 Å². The van der Waals surface area contributed by atoms with Gasteiger partial charge in [-0.3, -0.25) is 15.0 Å². The van der Waals surface area contributed by atoms with Crippen LogP contribution in [-0.4, -0.2) is 40.5 Å². The second-order valence-electron chi connectivity index (χ2n) is 9.09. The van der Waals surface area contributed by atoms with Gasteiger partial charge in [-0.1, -0.05) is 0 Å². The lowest BCUT2D eigenvalue weighted by Gasteiger charge is -2.56. The van der Waals surface area contributed by atoms with Crippen molar-refractivity contribution in [2.24, 2.45) is 17.8 Å². The van der Waals surface area contributed by atoms with E-state index in [2.05, 4.69) is 15.6 Å². The van der Waals surface area contributed by atoms with E-state index in [4.69, 9.17) is 0 Å². The van der Waals surface area contributed by atoms with Crippen molar-refractivity contribution < 1.29 is 9.59 Å². The molecular weight excluding hydrogens is 360 g/mol. The maximum absolute atomic E-state index is 12.6. The lowest BCUT2D eigenvalue weighted by atomic mass is 9.53. The van der Waals surface area contributed by atoms with Crippen LogP contribution < -0.4 is 10.6 Å². The van der Waals surface area contributed by atoms with Crippen LogP contribution in [0.4, 0.5) is 4.79 Å². The van der Waals surface area contributed by atoms with Gasteiger partial charge in [0.1, 0.15) is 0 Å².